The lowest BCUT2D eigenvalue weighted by Gasteiger charge is -2.14. The third-order valence-corrected chi connectivity index (χ3v) is 4.37. The lowest BCUT2D eigenvalue weighted by atomic mass is 9.97. The predicted molar refractivity (Wildman–Crippen MR) is 86.7 cm³/mol. The van der Waals surface area contributed by atoms with Gasteiger partial charge >= 0.3 is 0 Å². The number of benzene rings is 2. The molecular weight excluding hydrogens is 248 g/mol. The van der Waals surface area contributed by atoms with Gasteiger partial charge in [-0.15, -0.1) is 0 Å². The second-order valence-electron chi connectivity index (χ2n) is 4.47. The third kappa shape index (κ3) is 2.82. The highest BCUT2D eigenvalue weighted by molar-refractivity contribution is 7.99. The van der Waals surface area contributed by atoms with E-state index in [0.29, 0.717) is 0 Å². The molecule has 0 N–H and O–H groups in total. The SMILES string of the molecule is C=Cc1c(C)cc(Sc2ccccc2)c(C)c1C=C. The van der Waals surface area contributed by atoms with Crippen LogP contribution in [0.15, 0.2) is 59.3 Å². The Kier molecular flexibility index (Phi) is 4.28. The van der Waals surface area contributed by atoms with Crippen LogP contribution in [-0.4, -0.2) is 0 Å². The summed E-state index contributed by atoms with van der Waals surface area (Å²) in [7, 11) is 0. The normalized spacial score (nSPS) is 10.2. The average molecular weight is 266 g/mol. The smallest absolute Gasteiger partial charge is 0.0160 e. The van der Waals surface area contributed by atoms with E-state index in [1.165, 1.54) is 32.0 Å². The van der Waals surface area contributed by atoms with Crippen LogP contribution in [0, 0.1) is 13.8 Å². The van der Waals surface area contributed by atoms with Crippen molar-refractivity contribution in [2.75, 3.05) is 0 Å². The first-order valence-corrected chi connectivity index (χ1v) is 7.11. The first-order valence-electron chi connectivity index (χ1n) is 6.29. The minimum atomic E-state index is 1.19. The quantitative estimate of drug-likeness (QED) is 0.680. The van der Waals surface area contributed by atoms with Crippen LogP contribution in [0.2, 0.25) is 0 Å². The fourth-order valence-corrected chi connectivity index (χ4v) is 3.23. The second-order valence-corrected chi connectivity index (χ2v) is 5.58. The number of rotatable bonds is 4. The fourth-order valence-electron chi connectivity index (χ4n) is 2.19. The first kappa shape index (κ1) is 13.7. The van der Waals surface area contributed by atoms with Gasteiger partial charge in [-0.25, -0.2) is 0 Å². The number of hydrogen-bond acceptors (Lipinski definition) is 1. The summed E-state index contributed by atoms with van der Waals surface area (Å²) in [5.41, 5.74) is 4.89. The third-order valence-electron chi connectivity index (χ3n) is 3.22. The molecule has 0 nitrogen and oxygen atoms in total. The van der Waals surface area contributed by atoms with Crippen molar-refractivity contribution in [2.24, 2.45) is 0 Å². The van der Waals surface area contributed by atoms with Crippen molar-refractivity contribution in [2.45, 2.75) is 23.6 Å². The van der Waals surface area contributed by atoms with Gasteiger partial charge in [-0.3, -0.25) is 0 Å². The van der Waals surface area contributed by atoms with Crippen molar-refractivity contribution in [3.63, 3.8) is 0 Å². The van der Waals surface area contributed by atoms with Crippen LogP contribution in [-0.2, 0) is 0 Å². The van der Waals surface area contributed by atoms with E-state index < -0.39 is 0 Å². The first-order chi connectivity index (χ1) is 9.17. The molecule has 0 atom stereocenters. The summed E-state index contributed by atoms with van der Waals surface area (Å²) >= 11 is 1.80. The Morgan fingerprint density at radius 3 is 2.16 bits per heavy atom. The Bertz CT molecular complexity index is 609. The lowest BCUT2D eigenvalue weighted by Crippen LogP contribution is -1.93. The molecular formula is C18H18S. The van der Waals surface area contributed by atoms with Gasteiger partial charge < -0.3 is 0 Å². The van der Waals surface area contributed by atoms with Gasteiger partial charge in [-0.2, -0.15) is 0 Å². The molecule has 0 fully saturated rings. The van der Waals surface area contributed by atoms with Crippen molar-refractivity contribution in [3.05, 3.63) is 71.8 Å². The van der Waals surface area contributed by atoms with Crippen molar-refractivity contribution < 1.29 is 0 Å². The van der Waals surface area contributed by atoms with E-state index in [-0.39, 0.29) is 0 Å². The molecule has 0 radical (unpaired) electrons. The minimum Gasteiger partial charge on any atom is -0.0984 e. The predicted octanol–water partition coefficient (Wildman–Crippen LogP) is 5.74. The zero-order valence-electron chi connectivity index (χ0n) is 11.4. The van der Waals surface area contributed by atoms with Gasteiger partial charge in [0.25, 0.3) is 0 Å². The molecule has 19 heavy (non-hydrogen) atoms. The maximum Gasteiger partial charge on any atom is 0.0160 e. The van der Waals surface area contributed by atoms with Gasteiger partial charge in [0.15, 0.2) is 0 Å². The monoisotopic (exact) mass is 266 g/mol. The zero-order chi connectivity index (χ0) is 13.8. The standard InChI is InChI=1S/C18H18S/c1-5-16-13(3)12-18(14(4)17(16)6-2)19-15-10-8-7-9-11-15/h5-12H,1-2H2,3-4H3. The topological polar surface area (TPSA) is 0 Å². The summed E-state index contributed by atoms with van der Waals surface area (Å²) in [5.74, 6) is 0. The summed E-state index contributed by atoms with van der Waals surface area (Å²) < 4.78 is 0. The highest BCUT2D eigenvalue weighted by Crippen LogP contribution is 2.35. The molecule has 0 amide bonds. The number of aryl methyl sites for hydroxylation is 1. The van der Waals surface area contributed by atoms with Crippen molar-refractivity contribution >= 4 is 23.9 Å². The molecule has 1 heteroatoms. The van der Waals surface area contributed by atoms with Crippen LogP contribution in [0.3, 0.4) is 0 Å². The van der Waals surface area contributed by atoms with Gasteiger partial charge in [-0.1, -0.05) is 55.3 Å². The molecule has 0 saturated carbocycles. The van der Waals surface area contributed by atoms with Gasteiger partial charge in [-0.05, 0) is 54.3 Å². The van der Waals surface area contributed by atoms with Crippen molar-refractivity contribution in [1.29, 1.82) is 0 Å². The van der Waals surface area contributed by atoms with E-state index >= 15 is 0 Å². The van der Waals surface area contributed by atoms with Gasteiger partial charge in [0.05, 0.1) is 0 Å². The maximum absolute atomic E-state index is 3.93. The Labute approximate surface area is 119 Å². The Hall–Kier alpha value is -1.73. The van der Waals surface area contributed by atoms with Crippen LogP contribution < -0.4 is 0 Å². The molecule has 0 aliphatic heterocycles. The maximum atomic E-state index is 3.93. The van der Waals surface area contributed by atoms with Crippen LogP contribution in [0.25, 0.3) is 12.2 Å². The summed E-state index contributed by atoms with van der Waals surface area (Å²) in [6, 6.07) is 12.7. The molecule has 0 aliphatic rings. The molecule has 0 unspecified atom stereocenters. The van der Waals surface area contributed by atoms with Crippen LogP contribution in [0.5, 0.6) is 0 Å². The molecule has 2 aromatic carbocycles. The van der Waals surface area contributed by atoms with Gasteiger partial charge in [0.2, 0.25) is 0 Å². The van der Waals surface area contributed by atoms with Gasteiger partial charge in [0, 0.05) is 9.79 Å². The van der Waals surface area contributed by atoms with E-state index in [1.54, 1.807) is 11.8 Å². The van der Waals surface area contributed by atoms with Crippen LogP contribution in [0.1, 0.15) is 22.3 Å². The molecule has 0 heterocycles. The average Bonchev–Trinajstić information content (AvgIpc) is 2.43. The van der Waals surface area contributed by atoms with E-state index in [2.05, 4.69) is 57.3 Å². The Morgan fingerprint density at radius 2 is 1.58 bits per heavy atom. The lowest BCUT2D eigenvalue weighted by molar-refractivity contribution is 1.23. The van der Waals surface area contributed by atoms with Crippen molar-refractivity contribution in [3.8, 4) is 0 Å². The molecule has 0 saturated heterocycles. The number of hydrogen-bond donors (Lipinski definition) is 0. The Morgan fingerprint density at radius 1 is 0.947 bits per heavy atom. The second kappa shape index (κ2) is 5.94. The van der Waals surface area contributed by atoms with Crippen molar-refractivity contribution in [1.82, 2.24) is 0 Å². The van der Waals surface area contributed by atoms with E-state index in [4.69, 9.17) is 0 Å². The van der Waals surface area contributed by atoms with E-state index in [0.717, 1.165) is 0 Å². The molecule has 2 rings (SSSR count). The molecule has 0 bridgehead atoms. The molecule has 0 spiro atoms. The summed E-state index contributed by atoms with van der Waals surface area (Å²) in [6.07, 6.45) is 3.84. The molecule has 0 aliphatic carbocycles. The van der Waals surface area contributed by atoms with Crippen LogP contribution >= 0.6 is 11.8 Å². The molecule has 0 aromatic heterocycles. The zero-order valence-corrected chi connectivity index (χ0v) is 12.3. The highest BCUT2D eigenvalue weighted by Gasteiger charge is 2.10. The highest BCUT2D eigenvalue weighted by atomic mass is 32.2. The minimum absolute atomic E-state index is 1.19. The Balaban J connectivity index is 2.50. The summed E-state index contributed by atoms with van der Waals surface area (Å²) in [4.78, 5) is 2.54. The molecule has 2 aromatic rings. The summed E-state index contributed by atoms with van der Waals surface area (Å²) in [6.45, 7) is 12.1. The largest absolute Gasteiger partial charge is 0.0984 e. The fraction of sp³-hybridized carbons (Fsp3) is 0.111. The van der Waals surface area contributed by atoms with E-state index in [9.17, 15) is 0 Å². The van der Waals surface area contributed by atoms with Crippen LogP contribution in [0.4, 0.5) is 0 Å². The van der Waals surface area contributed by atoms with E-state index in [1.807, 2.05) is 18.2 Å². The molecule has 96 valence electrons. The summed E-state index contributed by atoms with van der Waals surface area (Å²) in [5, 5.41) is 0. The van der Waals surface area contributed by atoms with Gasteiger partial charge in [0.1, 0.15) is 0 Å².